The Morgan fingerprint density at radius 2 is 1.52 bits per heavy atom. The number of rotatable bonds is 7. The van der Waals surface area contributed by atoms with Gasteiger partial charge in [-0.3, -0.25) is 14.8 Å². The zero-order valence-corrected chi connectivity index (χ0v) is 24.9. The second-order valence-electron chi connectivity index (χ2n) is 11.2. The molecule has 3 heterocycles. The Bertz CT molecular complexity index is 1430. The number of amidine groups is 2. The molecule has 1 N–H and O–H groups in total. The molecule has 1 fully saturated rings. The minimum atomic E-state index is 0.0994. The molecule has 1 unspecified atom stereocenters. The van der Waals surface area contributed by atoms with Crippen molar-refractivity contribution in [2.45, 2.75) is 32.5 Å². The van der Waals surface area contributed by atoms with Crippen molar-refractivity contribution < 1.29 is 5.11 Å². The molecule has 6 nitrogen and oxygen atoms in total. The van der Waals surface area contributed by atoms with Gasteiger partial charge in [-0.25, -0.2) is 4.99 Å². The molecule has 3 aliphatic heterocycles. The van der Waals surface area contributed by atoms with Crippen LogP contribution >= 0.6 is 11.6 Å². The first-order valence-corrected chi connectivity index (χ1v) is 15.3. The van der Waals surface area contributed by atoms with E-state index in [-0.39, 0.29) is 11.8 Å². The highest BCUT2D eigenvalue weighted by molar-refractivity contribution is 6.30. The zero-order valence-electron chi connectivity index (χ0n) is 24.2. The van der Waals surface area contributed by atoms with E-state index in [0.717, 1.165) is 74.5 Å². The Balaban J connectivity index is 1.16. The number of hydrogen-bond acceptors (Lipinski definition) is 6. The number of allylic oxidation sites excluding steroid dienone is 3. The largest absolute Gasteiger partial charge is 0.508 e. The fraction of sp³-hybridized carbons (Fsp3) is 0.314. The van der Waals surface area contributed by atoms with E-state index in [4.69, 9.17) is 21.6 Å². The van der Waals surface area contributed by atoms with Crippen molar-refractivity contribution in [2.75, 3.05) is 39.3 Å². The van der Waals surface area contributed by atoms with Gasteiger partial charge in [-0.1, -0.05) is 85.3 Å². The SMILES string of the molecule is CC/C=C\C=C1/CN=C(CN2CCN(C(c3ccc(O)cc3)c3ccc(Cl)cc3)CC2)N=C1N1Cc2ccccc2C1. The number of hydrogen-bond donors (Lipinski definition) is 1. The highest BCUT2D eigenvalue weighted by atomic mass is 35.5. The zero-order chi connectivity index (χ0) is 28.9. The summed E-state index contributed by atoms with van der Waals surface area (Å²) in [7, 11) is 0. The molecular formula is C35H38ClN5O. The Morgan fingerprint density at radius 1 is 0.881 bits per heavy atom. The highest BCUT2D eigenvalue weighted by Crippen LogP contribution is 2.32. The van der Waals surface area contributed by atoms with E-state index in [0.29, 0.717) is 6.54 Å². The number of benzene rings is 3. The van der Waals surface area contributed by atoms with Gasteiger partial charge in [-0.2, -0.15) is 0 Å². The van der Waals surface area contributed by atoms with Crippen LogP contribution in [0.2, 0.25) is 5.02 Å². The predicted octanol–water partition coefficient (Wildman–Crippen LogP) is 6.47. The van der Waals surface area contributed by atoms with Gasteiger partial charge in [0.15, 0.2) is 0 Å². The van der Waals surface area contributed by atoms with Crippen LogP contribution in [0.1, 0.15) is 41.6 Å². The van der Waals surface area contributed by atoms with Crippen molar-refractivity contribution in [2.24, 2.45) is 9.98 Å². The van der Waals surface area contributed by atoms with Gasteiger partial charge in [0.25, 0.3) is 0 Å². The van der Waals surface area contributed by atoms with Gasteiger partial charge < -0.3 is 10.0 Å². The van der Waals surface area contributed by atoms with E-state index in [1.54, 1.807) is 12.1 Å². The molecule has 3 aromatic rings. The molecular weight excluding hydrogens is 542 g/mol. The second kappa shape index (κ2) is 13.1. The number of halogens is 1. The summed E-state index contributed by atoms with van der Waals surface area (Å²) in [5, 5.41) is 10.6. The lowest BCUT2D eigenvalue weighted by molar-refractivity contribution is 0.120. The maximum atomic E-state index is 9.88. The Labute approximate surface area is 254 Å². The average Bonchev–Trinajstić information content (AvgIpc) is 3.45. The van der Waals surface area contributed by atoms with Crippen LogP contribution < -0.4 is 0 Å². The van der Waals surface area contributed by atoms with Crippen molar-refractivity contribution in [3.63, 3.8) is 0 Å². The summed E-state index contributed by atoms with van der Waals surface area (Å²) >= 11 is 6.21. The summed E-state index contributed by atoms with van der Waals surface area (Å²) in [5.41, 5.74) is 6.31. The lowest BCUT2D eigenvalue weighted by Crippen LogP contribution is -2.49. The lowest BCUT2D eigenvalue weighted by atomic mass is 9.96. The summed E-state index contributed by atoms with van der Waals surface area (Å²) < 4.78 is 0. The molecule has 7 heteroatoms. The van der Waals surface area contributed by atoms with Crippen LogP contribution in [0.15, 0.2) is 107 Å². The van der Waals surface area contributed by atoms with Gasteiger partial charge in [-0.15, -0.1) is 0 Å². The highest BCUT2D eigenvalue weighted by Gasteiger charge is 2.29. The standard InChI is InChI=1S/C35H38ClN5O/c1-2-3-4-7-28-22-37-33(38-35(28)41-23-29-8-5-6-9-30(29)24-41)25-39-18-20-40(21-19-39)34(26-10-14-31(36)15-11-26)27-12-16-32(42)17-13-27/h3-17,34,42H,2,18-25H2,1H3/b4-3-,28-7+. The molecule has 6 rings (SSSR count). The Kier molecular flexibility index (Phi) is 8.84. The van der Waals surface area contributed by atoms with Crippen molar-refractivity contribution in [1.82, 2.24) is 14.7 Å². The van der Waals surface area contributed by atoms with Gasteiger partial charge in [0, 0.05) is 49.9 Å². The van der Waals surface area contributed by atoms with Crippen LogP contribution in [-0.4, -0.2) is 70.7 Å². The van der Waals surface area contributed by atoms with E-state index in [2.05, 4.69) is 76.2 Å². The predicted molar refractivity (Wildman–Crippen MR) is 172 cm³/mol. The van der Waals surface area contributed by atoms with Crippen LogP contribution in [-0.2, 0) is 13.1 Å². The first-order chi connectivity index (χ1) is 20.6. The van der Waals surface area contributed by atoms with E-state index in [1.165, 1.54) is 22.3 Å². The molecule has 0 aromatic heterocycles. The van der Waals surface area contributed by atoms with Crippen LogP contribution in [0.25, 0.3) is 0 Å². The third-order valence-electron chi connectivity index (χ3n) is 8.30. The summed E-state index contributed by atoms with van der Waals surface area (Å²) in [5.74, 6) is 2.26. The maximum absolute atomic E-state index is 9.88. The average molecular weight is 580 g/mol. The molecule has 0 spiro atoms. The van der Waals surface area contributed by atoms with Crippen molar-refractivity contribution in [1.29, 1.82) is 0 Å². The van der Waals surface area contributed by atoms with Crippen molar-refractivity contribution >= 4 is 23.3 Å². The molecule has 0 amide bonds. The van der Waals surface area contributed by atoms with Gasteiger partial charge in [0.2, 0.25) is 0 Å². The normalized spacial score (nSPS) is 19.7. The minimum absolute atomic E-state index is 0.0994. The van der Waals surface area contributed by atoms with Crippen LogP contribution in [0.3, 0.4) is 0 Å². The Morgan fingerprint density at radius 3 is 2.17 bits per heavy atom. The summed E-state index contributed by atoms with van der Waals surface area (Å²) in [6.07, 6.45) is 7.51. The van der Waals surface area contributed by atoms with E-state index in [9.17, 15) is 5.11 Å². The molecule has 1 atom stereocenters. The topological polar surface area (TPSA) is 54.7 Å². The van der Waals surface area contributed by atoms with Crippen LogP contribution in [0.4, 0.5) is 0 Å². The van der Waals surface area contributed by atoms with Gasteiger partial charge in [0.1, 0.15) is 17.4 Å². The van der Waals surface area contributed by atoms with Gasteiger partial charge in [0.05, 0.1) is 19.1 Å². The number of aliphatic imine (C=N–C) groups is 2. The third-order valence-corrected chi connectivity index (χ3v) is 8.55. The van der Waals surface area contributed by atoms with Crippen molar-refractivity contribution in [3.05, 3.63) is 124 Å². The summed E-state index contributed by atoms with van der Waals surface area (Å²) in [6, 6.07) is 24.5. The van der Waals surface area contributed by atoms with Crippen LogP contribution in [0, 0.1) is 0 Å². The molecule has 0 radical (unpaired) electrons. The quantitative estimate of drug-likeness (QED) is 0.348. The molecule has 1 saturated heterocycles. The molecule has 0 aliphatic carbocycles. The van der Waals surface area contributed by atoms with Gasteiger partial charge in [-0.05, 0) is 52.9 Å². The summed E-state index contributed by atoms with van der Waals surface area (Å²) in [6.45, 7) is 9.05. The molecule has 0 bridgehead atoms. The molecule has 0 saturated carbocycles. The number of phenolic OH excluding ortho intramolecular Hbond substituents is 1. The fourth-order valence-corrected chi connectivity index (χ4v) is 6.19. The number of aromatic hydroxyl groups is 1. The fourth-order valence-electron chi connectivity index (χ4n) is 6.06. The third kappa shape index (κ3) is 6.51. The number of fused-ring (bicyclic) bond motifs is 1. The minimum Gasteiger partial charge on any atom is -0.508 e. The molecule has 216 valence electrons. The monoisotopic (exact) mass is 579 g/mol. The smallest absolute Gasteiger partial charge is 0.140 e. The first-order valence-electron chi connectivity index (χ1n) is 14.9. The second-order valence-corrected chi connectivity index (χ2v) is 11.6. The molecule has 3 aromatic carbocycles. The number of phenols is 1. The Hall–Kier alpha value is -3.71. The van der Waals surface area contributed by atoms with Crippen molar-refractivity contribution in [3.8, 4) is 5.75 Å². The molecule has 3 aliphatic rings. The van der Waals surface area contributed by atoms with E-state index in [1.807, 2.05) is 24.3 Å². The number of nitrogens with zero attached hydrogens (tertiary/aromatic N) is 5. The van der Waals surface area contributed by atoms with Crippen LogP contribution in [0.5, 0.6) is 5.75 Å². The number of piperazine rings is 1. The van der Waals surface area contributed by atoms with E-state index < -0.39 is 0 Å². The maximum Gasteiger partial charge on any atom is 0.140 e. The van der Waals surface area contributed by atoms with E-state index >= 15 is 0 Å². The summed E-state index contributed by atoms with van der Waals surface area (Å²) in [4.78, 5) is 17.5. The van der Waals surface area contributed by atoms with Gasteiger partial charge >= 0.3 is 0 Å². The lowest BCUT2D eigenvalue weighted by Gasteiger charge is -2.40. The molecule has 42 heavy (non-hydrogen) atoms. The first kappa shape index (κ1) is 28.4.